The highest BCUT2D eigenvalue weighted by molar-refractivity contribution is 5.38. The van der Waals surface area contributed by atoms with E-state index in [9.17, 15) is 4.39 Å². The summed E-state index contributed by atoms with van der Waals surface area (Å²) >= 11 is 0. The lowest BCUT2D eigenvalue weighted by molar-refractivity contribution is 0.0456. The Kier molecular flexibility index (Phi) is 2.65. The molecule has 1 unspecified atom stereocenters. The van der Waals surface area contributed by atoms with Crippen molar-refractivity contribution >= 4 is 0 Å². The Morgan fingerprint density at radius 3 is 3.21 bits per heavy atom. The minimum atomic E-state index is -0.315. The fraction of sp³-hybridized carbons (Fsp3) is 0.400. The van der Waals surface area contributed by atoms with Crippen LogP contribution in [0.1, 0.15) is 18.0 Å². The van der Waals surface area contributed by atoms with Crippen LogP contribution in [0.2, 0.25) is 0 Å². The van der Waals surface area contributed by atoms with Crippen LogP contribution in [-0.4, -0.2) is 13.7 Å². The standard InChI is InChI=1S/C10H12FNO2/c1-13-12-9-5-6-14-10-7(9)3-2-4-8(10)11/h2-4,9,12H,5-6H2,1H3. The van der Waals surface area contributed by atoms with Crippen molar-refractivity contribution in [2.24, 2.45) is 0 Å². The van der Waals surface area contributed by atoms with Gasteiger partial charge >= 0.3 is 0 Å². The van der Waals surface area contributed by atoms with Gasteiger partial charge in [0.25, 0.3) is 0 Å². The first-order valence-corrected chi connectivity index (χ1v) is 4.52. The van der Waals surface area contributed by atoms with Crippen LogP contribution in [0.25, 0.3) is 0 Å². The predicted octanol–water partition coefficient (Wildman–Crippen LogP) is 1.80. The Balaban J connectivity index is 2.34. The van der Waals surface area contributed by atoms with E-state index in [4.69, 9.17) is 9.57 Å². The molecule has 1 atom stereocenters. The molecule has 1 N–H and O–H groups in total. The molecule has 0 aromatic heterocycles. The maximum Gasteiger partial charge on any atom is 0.165 e. The zero-order valence-corrected chi connectivity index (χ0v) is 7.92. The van der Waals surface area contributed by atoms with Crippen LogP contribution in [0.4, 0.5) is 4.39 Å². The highest BCUT2D eigenvalue weighted by atomic mass is 19.1. The van der Waals surface area contributed by atoms with Gasteiger partial charge in [-0.2, -0.15) is 5.48 Å². The van der Waals surface area contributed by atoms with Crippen LogP contribution in [0, 0.1) is 5.82 Å². The number of hydroxylamine groups is 1. The predicted molar refractivity (Wildman–Crippen MR) is 49.4 cm³/mol. The third-order valence-corrected chi connectivity index (χ3v) is 2.29. The molecule has 0 fully saturated rings. The molecule has 0 saturated heterocycles. The van der Waals surface area contributed by atoms with Crippen LogP contribution in [-0.2, 0) is 4.84 Å². The Bertz CT molecular complexity index is 330. The van der Waals surface area contributed by atoms with Gasteiger partial charge in [0.2, 0.25) is 0 Å². The zero-order valence-electron chi connectivity index (χ0n) is 7.92. The summed E-state index contributed by atoms with van der Waals surface area (Å²) in [6, 6.07) is 4.93. The fourth-order valence-electron chi connectivity index (χ4n) is 1.65. The van der Waals surface area contributed by atoms with Gasteiger partial charge < -0.3 is 9.57 Å². The van der Waals surface area contributed by atoms with Crippen LogP contribution in [0.3, 0.4) is 0 Å². The van der Waals surface area contributed by atoms with Crippen molar-refractivity contribution in [2.75, 3.05) is 13.7 Å². The monoisotopic (exact) mass is 197 g/mol. The molecule has 1 aromatic carbocycles. The van der Waals surface area contributed by atoms with E-state index in [0.29, 0.717) is 12.4 Å². The molecular weight excluding hydrogens is 185 g/mol. The summed E-state index contributed by atoms with van der Waals surface area (Å²) in [7, 11) is 1.55. The number of para-hydroxylation sites is 1. The van der Waals surface area contributed by atoms with E-state index in [-0.39, 0.29) is 11.9 Å². The Hall–Kier alpha value is -1.13. The summed E-state index contributed by atoms with van der Waals surface area (Å²) in [6.07, 6.45) is 0.782. The van der Waals surface area contributed by atoms with Crippen LogP contribution < -0.4 is 10.2 Å². The van der Waals surface area contributed by atoms with E-state index in [1.54, 1.807) is 13.2 Å². The summed E-state index contributed by atoms with van der Waals surface area (Å²) in [4.78, 5) is 4.85. The van der Waals surface area contributed by atoms with Gasteiger partial charge in [0.1, 0.15) is 0 Å². The SMILES string of the molecule is CONC1CCOc2c(F)cccc21. The summed E-state index contributed by atoms with van der Waals surface area (Å²) < 4.78 is 18.6. The Morgan fingerprint density at radius 2 is 2.43 bits per heavy atom. The van der Waals surface area contributed by atoms with Gasteiger partial charge in [-0.05, 0) is 6.07 Å². The number of ether oxygens (including phenoxy) is 1. The smallest absolute Gasteiger partial charge is 0.165 e. The quantitative estimate of drug-likeness (QED) is 0.733. The van der Waals surface area contributed by atoms with Gasteiger partial charge in [-0.1, -0.05) is 12.1 Å². The lowest BCUT2D eigenvalue weighted by Crippen LogP contribution is -2.26. The number of hydrogen-bond donors (Lipinski definition) is 1. The van der Waals surface area contributed by atoms with Gasteiger partial charge in [0, 0.05) is 12.0 Å². The Morgan fingerprint density at radius 1 is 1.57 bits per heavy atom. The summed E-state index contributed by atoms with van der Waals surface area (Å²) in [6.45, 7) is 0.509. The molecular formula is C10H12FNO2. The topological polar surface area (TPSA) is 30.5 Å². The normalized spacial score (nSPS) is 20.0. The van der Waals surface area contributed by atoms with Crippen LogP contribution >= 0.6 is 0 Å². The Labute approximate surface area is 81.8 Å². The second-order valence-electron chi connectivity index (χ2n) is 3.17. The van der Waals surface area contributed by atoms with Crippen molar-refractivity contribution < 1.29 is 14.0 Å². The first-order valence-electron chi connectivity index (χ1n) is 4.52. The minimum absolute atomic E-state index is 0.0134. The summed E-state index contributed by atoms with van der Waals surface area (Å²) in [5.41, 5.74) is 3.64. The molecule has 1 aromatic rings. The van der Waals surface area contributed by atoms with Crippen molar-refractivity contribution in [1.29, 1.82) is 0 Å². The van der Waals surface area contributed by atoms with E-state index in [2.05, 4.69) is 5.48 Å². The van der Waals surface area contributed by atoms with Crippen LogP contribution in [0.5, 0.6) is 5.75 Å². The number of hydrogen-bond acceptors (Lipinski definition) is 3. The second kappa shape index (κ2) is 3.94. The van der Waals surface area contributed by atoms with Crippen molar-refractivity contribution in [1.82, 2.24) is 5.48 Å². The number of nitrogens with one attached hydrogen (secondary N) is 1. The first kappa shape index (κ1) is 9.43. The molecule has 1 aliphatic heterocycles. The molecule has 76 valence electrons. The number of halogens is 1. The molecule has 1 heterocycles. The molecule has 14 heavy (non-hydrogen) atoms. The highest BCUT2D eigenvalue weighted by Crippen LogP contribution is 2.33. The molecule has 0 bridgehead atoms. The third-order valence-electron chi connectivity index (χ3n) is 2.29. The first-order chi connectivity index (χ1) is 6.83. The molecule has 0 spiro atoms. The molecule has 0 radical (unpaired) electrons. The average Bonchev–Trinajstić information content (AvgIpc) is 2.20. The molecule has 0 amide bonds. The number of rotatable bonds is 2. The van der Waals surface area contributed by atoms with Gasteiger partial charge in [0.15, 0.2) is 11.6 Å². The van der Waals surface area contributed by atoms with E-state index >= 15 is 0 Å². The fourth-order valence-corrected chi connectivity index (χ4v) is 1.65. The second-order valence-corrected chi connectivity index (χ2v) is 3.17. The van der Waals surface area contributed by atoms with E-state index in [1.165, 1.54) is 6.07 Å². The average molecular weight is 197 g/mol. The van der Waals surface area contributed by atoms with Crippen molar-refractivity contribution in [3.05, 3.63) is 29.6 Å². The number of fused-ring (bicyclic) bond motifs is 1. The zero-order chi connectivity index (χ0) is 9.97. The molecule has 4 heteroatoms. The van der Waals surface area contributed by atoms with Crippen molar-refractivity contribution in [3.63, 3.8) is 0 Å². The maximum atomic E-state index is 13.3. The molecule has 1 aliphatic rings. The van der Waals surface area contributed by atoms with Gasteiger partial charge in [-0.25, -0.2) is 4.39 Å². The molecule has 0 aliphatic carbocycles. The van der Waals surface area contributed by atoms with E-state index < -0.39 is 0 Å². The lowest BCUT2D eigenvalue weighted by atomic mass is 10.0. The van der Waals surface area contributed by atoms with Gasteiger partial charge in [0.05, 0.1) is 19.8 Å². The van der Waals surface area contributed by atoms with Crippen molar-refractivity contribution in [3.8, 4) is 5.75 Å². The molecule has 0 saturated carbocycles. The molecule has 2 rings (SSSR count). The van der Waals surface area contributed by atoms with E-state index in [0.717, 1.165) is 12.0 Å². The summed E-state index contributed by atoms with van der Waals surface area (Å²) in [5, 5.41) is 0. The van der Waals surface area contributed by atoms with Gasteiger partial charge in [-0.15, -0.1) is 0 Å². The minimum Gasteiger partial charge on any atom is -0.490 e. The van der Waals surface area contributed by atoms with Gasteiger partial charge in [-0.3, -0.25) is 0 Å². The molecule has 3 nitrogen and oxygen atoms in total. The largest absolute Gasteiger partial charge is 0.490 e. The maximum absolute atomic E-state index is 13.3. The lowest BCUT2D eigenvalue weighted by Gasteiger charge is -2.25. The van der Waals surface area contributed by atoms with E-state index in [1.807, 2.05) is 6.07 Å². The van der Waals surface area contributed by atoms with Crippen molar-refractivity contribution in [2.45, 2.75) is 12.5 Å². The van der Waals surface area contributed by atoms with Crippen LogP contribution in [0.15, 0.2) is 18.2 Å². The number of benzene rings is 1. The highest BCUT2D eigenvalue weighted by Gasteiger charge is 2.23. The third kappa shape index (κ3) is 1.58. The summed E-state index contributed by atoms with van der Waals surface area (Å²) in [5.74, 6) is 0.0263.